The number of imidazole rings is 2. The van der Waals surface area contributed by atoms with Gasteiger partial charge in [0.15, 0.2) is 0 Å². The third kappa shape index (κ3) is 1.24. The number of benzene rings is 1. The fourth-order valence-electron chi connectivity index (χ4n) is 2.24. The van der Waals surface area contributed by atoms with Crippen LogP contribution in [-0.4, -0.2) is 14.0 Å². The van der Waals surface area contributed by atoms with E-state index in [1.807, 2.05) is 12.5 Å². The van der Waals surface area contributed by atoms with Gasteiger partial charge in [-0.15, -0.1) is 0 Å². The molecule has 3 nitrogen and oxygen atoms in total. The van der Waals surface area contributed by atoms with Crippen molar-refractivity contribution in [1.29, 1.82) is 0 Å². The number of hydrogen-bond donors (Lipinski definition) is 0. The largest absolute Gasteiger partial charge is 0.324 e. The molecule has 0 spiro atoms. The zero-order valence-corrected chi connectivity index (χ0v) is 9.43. The van der Waals surface area contributed by atoms with Crippen molar-refractivity contribution in [2.24, 2.45) is 0 Å². The Labute approximate surface area is 94.3 Å². The highest BCUT2D eigenvalue weighted by Crippen LogP contribution is 2.20. The van der Waals surface area contributed by atoms with Crippen LogP contribution in [0.4, 0.5) is 0 Å². The number of hydrogen-bond acceptors (Lipinski definition) is 1. The highest BCUT2D eigenvalue weighted by molar-refractivity contribution is 5.81. The van der Waals surface area contributed by atoms with Gasteiger partial charge < -0.3 is 4.57 Å². The molecule has 3 aromatic rings. The van der Waals surface area contributed by atoms with Gasteiger partial charge in [-0.25, -0.2) is 4.98 Å². The monoisotopic (exact) mass is 213 g/mol. The van der Waals surface area contributed by atoms with Crippen molar-refractivity contribution in [3.63, 3.8) is 0 Å². The second kappa shape index (κ2) is 3.67. The van der Waals surface area contributed by atoms with E-state index in [0.717, 1.165) is 6.54 Å². The minimum atomic E-state index is 1.07. The van der Waals surface area contributed by atoms with Crippen LogP contribution < -0.4 is 0 Å². The van der Waals surface area contributed by atoms with Crippen LogP contribution >= 0.6 is 0 Å². The number of aryl methyl sites for hydroxylation is 1. The lowest BCUT2D eigenvalue weighted by Gasteiger charge is -2.03. The van der Waals surface area contributed by atoms with Gasteiger partial charge >= 0.3 is 0 Å². The molecule has 2 aromatic heterocycles. The number of rotatable bonds is 3. The van der Waals surface area contributed by atoms with E-state index in [1.54, 1.807) is 0 Å². The van der Waals surface area contributed by atoms with Crippen LogP contribution in [0.15, 0.2) is 36.8 Å². The molecule has 0 unspecified atom stereocenters. The zero-order chi connectivity index (χ0) is 11.0. The summed E-state index contributed by atoms with van der Waals surface area (Å²) in [7, 11) is 0. The fraction of sp³-hybridized carbons (Fsp3) is 0.308. The Morgan fingerprint density at radius 2 is 2.00 bits per heavy atom. The summed E-state index contributed by atoms with van der Waals surface area (Å²) in [5.74, 6) is 0. The van der Waals surface area contributed by atoms with E-state index in [2.05, 4.69) is 45.1 Å². The molecular formula is C13H15N3. The minimum absolute atomic E-state index is 1.07. The van der Waals surface area contributed by atoms with Crippen molar-refractivity contribution in [2.75, 3.05) is 0 Å². The average molecular weight is 213 g/mol. The van der Waals surface area contributed by atoms with Crippen LogP contribution in [0.3, 0.4) is 0 Å². The standard InChI is InChI=1S/C13H15N3/c1-2-3-8-15-11-6-4-5-7-12(11)16-10-14-9-13(15)16/h4-7,9-10H,2-3,8H2,1H3. The van der Waals surface area contributed by atoms with E-state index >= 15 is 0 Å². The van der Waals surface area contributed by atoms with Crippen LogP contribution in [-0.2, 0) is 6.54 Å². The van der Waals surface area contributed by atoms with Gasteiger partial charge in [-0.3, -0.25) is 4.40 Å². The van der Waals surface area contributed by atoms with Gasteiger partial charge in [-0.1, -0.05) is 25.5 Å². The van der Waals surface area contributed by atoms with Gasteiger partial charge in [-0.05, 0) is 18.6 Å². The van der Waals surface area contributed by atoms with E-state index in [1.165, 1.54) is 29.5 Å². The summed E-state index contributed by atoms with van der Waals surface area (Å²) < 4.78 is 4.51. The van der Waals surface area contributed by atoms with E-state index in [0.29, 0.717) is 0 Å². The normalized spacial score (nSPS) is 11.6. The maximum Gasteiger partial charge on any atom is 0.137 e. The number of fused-ring (bicyclic) bond motifs is 3. The Bertz CT molecular complexity index is 618. The Kier molecular flexibility index (Phi) is 2.17. The predicted octanol–water partition coefficient (Wildman–Crippen LogP) is 3.09. The van der Waals surface area contributed by atoms with Gasteiger partial charge in [-0.2, -0.15) is 0 Å². The SMILES string of the molecule is CCCCn1c2ccccc2n2cncc12. The molecule has 3 rings (SSSR count). The predicted molar refractivity (Wildman–Crippen MR) is 65.6 cm³/mol. The lowest BCUT2D eigenvalue weighted by Crippen LogP contribution is -1.96. The van der Waals surface area contributed by atoms with Gasteiger partial charge in [0.05, 0.1) is 17.2 Å². The molecule has 0 saturated carbocycles. The molecule has 3 heteroatoms. The number of para-hydroxylation sites is 2. The first kappa shape index (κ1) is 9.46. The molecule has 0 saturated heterocycles. The Balaban J connectivity index is 2.30. The molecular weight excluding hydrogens is 198 g/mol. The van der Waals surface area contributed by atoms with Crippen molar-refractivity contribution in [3.05, 3.63) is 36.8 Å². The second-order valence-corrected chi connectivity index (χ2v) is 4.12. The second-order valence-electron chi connectivity index (χ2n) is 4.12. The molecule has 2 heterocycles. The van der Waals surface area contributed by atoms with Crippen molar-refractivity contribution in [3.8, 4) is 0 Å². The molecule has 0 N–H and O–H groups in total. The van der Waals surface area contributed by atoms with Crippen molar-refractivity contribution < 1.29 is 0 Å². The van der Waals surface area contributed by atoms with Crippen LogP contribution in [0.25, 0.3) is 16.7 Å². The van der Waals surface area contributed by atoms with E-state index in [4.69, 9.17) is 0 Å². The lowest BCUT2D eigenvalue weighted by molar-refractivity contribution is 0.661. The third-order valence-corrected chi connectivity index (χ3v) is 3.06. The summed E-state index contributed by atoms with van der Waals surface area (Å²) >= 11 is 0. The maximum absolute atomic E-state index is 4.22. The van der Waals surface area contributed by atoms with E-state index < -0.39 is 0 Å². The van der Waals surface area contributed by atoms with Crippen molar-refractivity contribution in [1.82, 2.24) is 14.0 Å². The Hall–Kier alpha value is -1.77. The molecule has 1 aromatic carbocycles. The van der Waals surface area contributed by atoms with E-state index in [-0.39, 0.29) is 0 Å². The average Bonchev–Trinajstić information content (AvgIpc) is 2.87. The molecule has 0 radical (unpaired) electrons. The van der Waals surface area contributed by atoms with Crippen LogP contribution in [0.2, 0.25) is 0 Å². The number of aromatic nitrogens is 3. The fourth-order valence-corrected chi connectivity index (χ4v) is 2.24. The van der Waals surface area contributed by atoms with Crippen LogP contribution in [0.5, 0.6) is 0 Å². The Morgan fingerprint density at radius 1 is 1.19 bits per heavy atom. The molecule has 0 aliphatic heterocycles. The van der Waals surface area contributed by atoms with Crippen molar-refractivity contribution >= 4 is 16.7 Å². The quantitative estimate of drug-likeness (QED) is 0.655. The molecule has 0 bridgehead atoms. The lowest BCUT2D eigenvalue weighted by atomic mass is 10.3. The summed E-state index contributed by atoms with van der Waals surface area (Å²) in [5, 5.41) is 0. The Morgan fingerprint density at radius 3 is 2.81 bits per heavy atom. The highest BCUT2D eigenvalue weighted by Gasteiger charge is 2.08. The van der Waals surface area contributed by atoms with Gasteiger partial charge in [0, 0.05) is 6.54 Å². The summed E-state index contributed by atoms with van der Waals surface area (Å²) in [6, 6.07) is 8.49. The third-order valence-electron chi connectivity index (χ3n) is 3.06. The van der Waals surface area contributed by atoms with Gasteiger partial charge in [0.1, 0.15) is 12.0 Å². The molecule has 0 aliphatic rings. The molecule has 16 heavy (non-hydrogen) atoms. The number of unbranched alkanes of at least 4 members (excludes halogenated alkanes) is 1. The molecule has 82 valence electrons. The zero-order valence-electron chi connectivity index (χ0n) is 9.43. The van der Waals surface area contributed by atoms with Gasteiger partial charge in [0.2, 0.25) is 0 Å². The van der Waals surface area contributed by atoms with Crippen LogP contribution in [0.1, 0.15) is 19.8 Å². The maximum atomic E-state index is 4.22. The summed E-state index contributed by atoms with van der Waals surface area (Å²) in [5.41, 5.74) is 3.73. The summed E-state index contributed by atoms with van der Waals surface area (Å²) in [6.07, 6.45) is 6.25. The summed E-state index contributed by atoms with van der Waals surface area (Å²) in [4.78, 5) is 4.22. The first-order chi connectivity index (χ1) is 7.92. The van der Waals surface area contributed by atoms with Crippen LogP contribution in [0, 0.1) is 0 Å². The molecule has 0 amide bonds. The van der Waals surface area contributed by atoms with Gasteiger partial charge in [0.25, 0.3) is 0 Å². The number of nitrogens with zero attached hydrogens (tertiary/aromatic N) is 3. The molecule has 0 atom stereocenters. The minimum Gasteiger partial charge on any atom is -0.324 e. The highest BCUT2D eigenvalue weighted by atomic mass is 15.2. The smallest absolute Gasteiger partial charge is 0.137 e. The molecule has 0 fully saturated rings. The van der Waals surface area contributed by atoms with Crippen molar-refractivity contribution in [2.45, 2.75) is 26.3 Å². The first-order valence-electron chi connectivity index (χ1n) is 5.81. The van der Waals surface area contributed by atoms with E-state index in [9.17, 15) is 0 Å². The topological polar surface area (TPSA) is 22.2 Å². The summed E-state index contributed by atoms with van der Waals surface area (Å²) in [6.45, 7) is 3.29. The first-order valence-corrected chi connectivity index (χ1v) is 5.81. The molecule has 0 aliphatic carbocycles.